The first-order valence-electron chi connectivity index (χ1n) is 15.2. The highest BCUT2D eigenvalue weighted by Crippen LogP contribution is 2.19. The van der Waals surface area contributed by atoms with Crippen LogP contribution in [-0.4, -0.2) is 89.0 Å². The van der Waals surface area contributed by atoms with E-state index in [2.05, 4.69) is 0 Å². The maximum absolute atomic E-state index is 11.7. The Morgan fingerprint density at radius 2 is 1.05 bits per heavy atom. The molecule has 0 atom stereocenters. The summed E-state index contributed by atoms with van der Waals surface area (Å²) in [5, 5.41) is 0. The molecule has 0 spiro atoms. The van der Waals surface area contributed by atoms with Crippen LogP contribution in [0.25, 0.3) is 0 Å². The number of ketones is 4. The zero-order valence-corrected chi connectivity index (χ0v) is 37.9. The van der Waals surface area contributed by atoms with Gasteiger partial charge in [0.1, 0.15) is 5.76 Å². The molecule has 0 saturated carbocycles. The van der Waals surface area contributed by atoms with E-state index in [9.17, 15) is 19.2 Å². The highest BCUT2D eigenvalue weighted by Gasteiger charge is 2.20. The maximum Gasteiger partial charge on any atom is 0.164 e. The van der Waals surface area contributed by atoms with Crippen molar-refractivity contribution in [2.24, 2.45) is 11.3 Å². The molecule has 0 radical (unpaired) electrons. The van der Waals surface area contributed by atoms with E-state index >= 15 is 0 Å². The van der Waals surface area contributed by atoms with Gasteiger partial charge >= 0.3 is 0 Å². The van der Waals surface area contributed by atoms with E-state index in [1.807, 2.05) is 55.4 Å². The van der Waals surface area contributed by atoms with Gasteiger partial charge in [-0.25, -0.2) is 0 Å². The number of carbonyl (C=O) groups is 4. The summed E-state index contributed by atoms with van der Waals surface area (Å²) in [6, 6.07) is 0. The third kappa shape index (κ3) is 35.8. The Hall–Kier alpha value is -2.29. The lowest BCUT2D eigenvalue weighted by Crippen LogP contribution is -2.19. The van der Waals surface area contributed by atoms with Crippen LogP contribution in [0.2, 0.25) is 0 Å². The molecule has 0 aliphatic rings. The summed E-state index contributed by atoms with van der Waals surface area (Å²) < 4.78 is 20.8. The van der Waals surface area contributed by atoms with Crippen molar-refractivity contribution in [3.63, 3.8) is 0 Å². The van der Waals surface area contributed by atoms with Crippen molar-refractivity contribution < 1.29 is 38.1 Å². The molecule has 0 N–H and O–H groups in total. The molecule has 250 valence electrons. The van der Waals surface area contributed by atoms with E-state index in [-0.39, 0.29) is 34.5 Å². The second kappa shape index (κ2) is 29.8. The summed E-state index contributed by atoms with van der Waals surface area (Å²) >= 11 is 0. The Bertz CT molecular complexity index is 931. The molecule has 0 fully saturated rings. The molecule has 43 heavy (non-hydrogen) atoms. The fraction of sp³-hybridized carbons (Fsp3) is 0.613. The average molecular weight is 675 g/mol. The van der Waals surface area contributed by atoms with Crippen LogP contribution in [0, 0.1) is 11.3 Å². The minimum absolute atomic E-state index is 0.0441. The second-order valence-electron chi connectivity index (χ2n) is 10.6. The molecule has 8 nitrogen and oxygen atoms in total. The average Bonchev–Trinajstić information content (AvgIpc) is 2.88. The van der Waals surface area contributed by atoms with Crippen molar-refractivity contribution in [1.82, 2.24) is 0 Å². The topological polar surface area (TPSA) is 105 Å². The fourth-order valence-corrected chi connectivity index (χ4v) is 4.31. The summed E-state index contributed by atoms with van der Waals surface area (Å²) in [5.74, 6) is 3.75. The lowest BCUT2D eigenvalue weighted by Gasteiger charge is -2.17. The van der Waals surface area contributed by atoms with Crippen LogP contribution < -0.4 is 0 Å². The molecule has 0 aliphatic carbocycles. The van der Waals surface area contributed by atoms with E-state index in [1.165, 1.54) is 19.9 Å². The molecular weight excluding hydrogens is 613 g/mol. The van der Waals surface area contributed by atoms with Gasteiger partial charge in [0.2, 0.25) is 0 Å². The molecule has 0 aromatic rings. The summed E-state index contributed by atoms with van der Waals surface area (Å²) in [5.41, 5.74) is -0.311. The van der Waals surface area contributed by atoms with Crippen molar-refractivity contribution in [2.75, 3.05) is 24.9 Å². The van der Waals surface area contributed by atoms with Gasteiger partial charge < -0.3 is 18.9 Å². The van der Waals surface area contributed by atoms with Gasteiger partial charge in [0.05, 0.1) is 83.2 Å². The quantitative estimate of drug-likeness (QED) is 0.147. The number of hydrogen-bond donors (Lipinski definition) is 0. The van der Waals surface area contributed by atoms with E-state index in [1.54, 1.807) is 25.2 Å². The lowest BCUT2D eigenvalue weighted by atomic mass is 9.90. The van der Waals surface area contributed by atoms with Gasteiger partial charge in [-0.3, -0.25) is 19.2 Å². The molecule has 0 rings (SSSR count). The Labute approximate surface area is 274 Å². The molecule has 0 bridgehead atoms. The monoisotopic (exact) mass is 674 g/mol. The van der Waals surface area contributed by atoms with Crippen LogP contribution in [0.5, 0.6) is 0 Å². The largest absolute Gasteiger partial charge is 0.503 e. The summed E-state index contributed by atoms with van der Waals surface area (Å²) in [4.78, 5) is 43.4. The Balaban J connectivity index is -0.000000240. The Kier molecular flexibility index (Phi) is 33.0. The van der Waals surface area contributed by atoms with Crippen LogP contribution >= 0.6 is 0 Å². The fourth-order valence-electron chi connectivity index (χ4n) is 2.70. The lowest BCUT2D eigenvalue weighted by molar-refractivity contribution is -0.121. The highest BCUT2D eigenvalue weighted by molar-refractivity contribution is 6.08. The minimum atomic E-state index is -0.311. The van der Waals surface area contributed by atoms with Crippen LogP contribution in [0.15, 0.2) is 47.3 Å². The molecule has 12 heteroatoms. The van der Waals surface area contributed by atoms with E-state index in [0.717, 1.165) is 95.3 Å². The molecule has 0 saturated heterocycles. The number of rotatable bonds is 15. The van der Waals surface area contributed by atoms with E-state index < -0.39 is 0 Å². The zero-order valence-electron chi connectivity index (χ0n) is 29.9. The third-order valence-corrected chi connectivity index (χ3v) is 5.95. The van der Waals surface area contributed by atoms with Gasteiger partial charge in [0.15, 0.2) is 23.1 Å². The van der Waals surface area contributed by atoms with Crippen LogP contribution in [0.1, 0.15) is 89.0 Å². The van der Waals surface area contributed by atoms with E-state index in [0.29, 0.717) is 6.42 Å². The number of ether oxygens (including phenoxy) is 4. The smallest absolute Gasteiger partial charge is 0.164 e. The van der Waals surface area contributed by atoms with Gasteiger partial charge in [0.25, 0.3) is 0 Å². The summed E-state index contributed by atoms with van der Waals surface area (Å²) in [7, 11) is 4.04. The molecule has 0 amide bonds. The van der Waals surface area contributed by atoms with Crippen molar-refractivity contribution >= 4 is 64.1 Å². The van der Waals surface area contributed by atoms with Crippen LogP contribution in [-0.2, 0) is 38.1 Å². The van der Waals surface area contributed by atoms with Gasteiger partial charge in [-0.2, -0.15) is 0 Å². The number of hydrogen-bond acceptors (Lipinski definition) is 8. The van der Waals surface area contributed by atoms with Gasteiger partial charge in [-0.1, -0.05) is 48.5 Å². The second-order valence-corrected chi connectivity index (χ2v) is 12.9. The Morgan fingerprint density at radius 3 is 1.35 bits per heavy atom. The van der Waals surface area contributed by atoms with Crippen molar-refractivity contribution in [3.8, 4) is 0 Å². The number of carbonyl (C=O) groups excluding carboxylic acids is 4. The normalized spacial score (nSPS) is 12.2. The maximum atomic E-state index is 11.7. The SMILES string of the molecule is CC(=O)/C=C(/C)OC[SiH3].CC(C)/C(=C/C(=O)C(C)(C)C)OC[SiH3].CC/C(=C/C(C)=O)OC[SiH3].CCC(=O)/C=C(/C)OC[SiH3]. The number of allylic oxidation sites excluding steroid dienone is 8. The first-order valence-corrected chi connectivity index (χ1v) is 20.9. The molecule has 0 aromatic heterocycles. The predicted molar refractivity (Wildman–Crippen MR) is 193 cm³/mol. The van der Waals surface area contributed by atoms with Crippen molar-refractivity contribution in [3.05, 3.63) is 47.3 Å². The molecule has 0 heterocycles. The van der Waals surface area contributed by atoms with Gasteiger partial charge in [-0.05, 0) is 27.7 Å². The molecular formula is C31H62O8Si4. The zero-order chi connectivity index (χ0) is 34.6. The first-order chi connectivity index (χ1) is 19.9. The van der Waals surface area contributed by atoms with Crippen molar-refractivity contribution in [2.45, 2.75) is 89.0 Å². The van der Waals surface area contributed by atoms with Crippen LogP contribution in [0.4, 0.5) is 0 Å². The standard InChI is InChI=1S/C11H22O2Si.2C7H14O2Si.C6H12O2Si/c1-8(2)9(13-7-14)6-10(12)11(3,4)5;1-3-7(8)4-6(2)9-5-10;1-3-7(9-5-10)4-6(2)8;1-5(7)3-6(2)8-4-9/h6,8H,7H2,1-5,14H3;2*4H,3,5H2,1-2,10H3;3H,4H2,1-2,9H3/b9-6-;6-4-;7-4-;6-3-. The minimum Gasteiger partial charge on any atom is -0.503 e. The Morgan fingerprint density at radius 1 is 0.628 bits per heavy atom. The van der Waals surface area contributed by atoms with E-state index in [4.69, 9.17) is 18.9 Å². The van der Waals surface area contributed by atoms with Gasteiger partial charge in [-0.15, -0.1) is 0 Å². The van der Waals surface area contributed by atoms with Gasteiger partial charge in [0, 0.05) is 48.5 Å². The third-order valence-electron chi connectivity index (χ3n) is 4.80. The predicted octanol–water partition coefficient (Wildman–Crippen LogP) is 1.72. The first kappa shape index (κ1) is 47.6. The summed E-state index contributed by atoms with van der Waals surface area (Å²) in [6.45, 7) is 20.3. The molecule has 0 aliphatic heterocycles. The molecule has 0 aromatic carbocycles. The highest BCUT2D eigenvalue weighted by atomic mass is 28.2. The summed E-state index contributed by atoms with van der Waals surface area (Å²) in [6.07, 6.45) is 10.7. The van der Waals surface area contributed by atoms with Crippen LogP contribution in [0.3, 0.4) is 0 Å². The molecule has 0 unspecified atom stereocenters. The van der Waals surface area contributed by atoms with Crippen molar-refractivity contribution in [1.29, 1.82) is 0 Å².